The number of alkyl halides is 3. The van der Waals surface area contributed by atoms with Crippen molar-refractivity contribution in [2.24, 2.45) is 0 Å². The molecule has 0 unspecified atom stereocenters. The van der Waals surface area contributed by atoms with E-state index in [-0.39, 0.29) is 5.56 Å². The standard InChI is InChI=1S/C13H9N3O3S.C2HF3O2/c1-7-2-3-14-11-9(7)10(17)8(12(18)19)6-16(11)13-15-4-5-20-13;3-2(4,5)1(6)7/h2-6H,1H3,(H,18,19);(H,6,7). The average molecular weight is 401 g/mol. The molecule has 27 heavy (non-hydrogen) atoms. The van der Waals surface area contributed by atoms with E-state index in [1.165, 1.54) is 22.1 Å². The zero-order valence-corrected chi connectivity index (χ0v) is 14.2. The van der Waals surface area contributed by atoms with E-state index in [9.17, 15) is 27.9 Å². The number of rotatable bonds is 2. The number of thiazole rings is 1. The van der Waals surface area contributed by atoms with Crippen LogP contribution in [0.2, 0.25) is 0 Å². The molecule has 0 saturated carbocycles. The second-order valence-corrected chi connectivity index (χ2v) is 5.86. The molecule has 3 aromatic rings. The number of pyridine rings is 2. The Labute approximate surface area is 152 Å². The quantitative estimate of drug-likeness (QED) is 0.676. The van der Waals surface area contributed by atoms with Crippen molar-refractivity contribution >= 4 is 34.3 Å². The Morgan fingerprint density at radius 1 is 1.19 bits per heavy atom. The van der Waals surface area contributed by atoms with Gasteiger partial charge in [-0.1, -0.05) is 0 Å². The minimum absolute atomic E-state index is 0.288. The molecule has 2 N–H and O–H groups in total. The van der Waals surface area contributed by atoms with Gasteiger partial charge in [-0.3, -0.25) is 9.36 Å². The fourth-order valence-corrected chi connectivity index (χ4v) is 2.64. The summed E-state index contributed by atoms with van der Waals surface area (Å²) in [6.45, 7) is 1.75. The minimum Gasteiger partial charge on any atom is -0.477 e. The third-order valence-corrected chi connectivity index (χ3v) is 3.97. The number of halogens is 3. The van der Waals surface area contributed by atoms with Crippen molar-refractivity contribution in [2.45, 2.75) is 13.1 Å². The molecule has 0 atom stereocenters. The molecule has 0 aromatic carbocycles. The zero-order chi connectivity index (χ0) is 20.4. The Morgan fingerprint density at radius 3 is 2.30 bits per heavy atom. The summed E-state index contributed by atoms with van der Waals surface area (Å²) >= 11 is 1.34. The van der Waals surface area contributed by atoms with Crippen LogP contribution in [0.4, 0.5) is 13.2 Å². The zero-order valence-electron chi connectivity index (χ0n) is 13.4. The molecular weight excluding hydrogens is 391 g/mol. The largest absolute Gasteiger partial charge is 0.490 e. The highest BCUT2D eigenvalue weighted by molar-refractivity contribution is 7.12. The Balaban J connectivity index is 0.000000321. The SMILES string of the molecule is Cc1ccnc2c1c(=O)c(C(=O)O)cn2-c1nccs1.O=C(O)C(F)(F)F. The van der Waals surface area contributed by atoms with Crippen LogP contribution in [-0.4, -0.2) is 42.9 Å². The number of hydrogen-bond acceptors (Lipinski definition) is 6. The van der Waals surface area contributed by atoms with E-state index in [1.54, 1.807) is 30.8 Å². The molecule has 0 aliphatic heterocycles. The molecule has 8 nitrogen and oxygen atoms in total. The highest BCUT2D eigenvalue weighted by Gasteiger charge is 2.38. The second-order valence-electron chi connectivity index (χ2n) is 4.99. The van der Waals surface area contributed by atoms with Gasteiger partial charge >= 0.3 is 18.1 Å². The Morgan fingerprint density at radius 2 is 1.81 bits per heavy atom. The van der Waals surface area contributed by atoms with Gasteiger partial charge < -0.3 is 10.2 Å². The normalized spacial score (nSPS) is 11.0. The van der Waals surface area contributed by atoms with E-state index in [4.69, 9.17) is 9.90 Å². The molecule has 3 heterocycles. The van der Waals surface area contributed by atoms with Gasteiger partial charge in [-0.25, -0.2) is 19.6 Å². The summed E-state index contributed by atoms with van der Waals surface area (Å²) in [5.41, 5.74) is 0.290. The maximum Gasteiger partial charge on any atom is 0.490 e. The summed E-state index contributed by atoms with van der Waals surface area (Å²) in [6, 6.07) is 1.68. The van der Waals surface area contributed by atoms with Crippen molar-refractivity contribution in [3.05, 3.63) is 51.4 Å². The maximum atomic E-state index is 12.3. The van der Waals surface area contributed by atoms with Crippen LogP contribution in [0.15, 0.2) is 34.8 Å². The third kappa shape index (κ3) is 4.28. The summed E-state index contributed by atoms with van der Waals surface area (Å²) in [7, 11) is 0. The molecule has 0 radical (unpaired) electrons. The summed E-state index contributed by atoms with van der Waals surface area (Å²) in [5.74, 6) is -4.02. The second kappa shape index (κ2) is 7.53. The number of carboxylic acid groups (broad SMARTS) is 2. The average Bonchev–Trinajstić information content (AvgIpc) is 3.08. The highest BCUT2D eigenvalue weighted by Crippen LogP contribution is 2.19. The molecule has 12 heteroatoms. The number of carbonyl (C=O) groups is 2. The van der Waals surface area contributed by atoms with Crippen molar-refractivity contribution < 1.29 is 33.0 Å². The first-order valence-electron chi connectivity index (χ1n) is 6.98. The lowest BCUT2D eigenvalue weighted by molar-refractivity contribution is -0.192. The molecule has 0 aliphatic rings. The van der Waals surface area contributed by atoms with Crippen molar-refractivity contribution in [1.29, 1.82) is 0 Å². The van der Waals surface area contributed by atoms with Crippen LogP contribution in [0, 0.1) is 6.92 Å². The van der Waals surface area contributed by atoms with Crippen LogP contribution < -0.4 is 5.43 Å². The van der Waals surface area contributed by atoms with E-state index in [0.717, 1.165) is 0 Å². The fourth-order valence-electron chi connectivity index (χ4n) is 2.02. The maximum absolute atomic E-state index is 12.3. The first-order chi connectivity index (χ1) is 12.5. The van der Waals surface area contributed by atoms with E-state index < -0.39 is 23.5 Å². The van der Waals surface area contributed by atoms with Crippen LogP contribution in [0.5, 0.6) is 0 Å². The number of fused-ring (bicyclic) bond motifs is 1. The fraction of sp³-hybridized carbons (Fsp3) is 0.133. The summed E-state index contributed by atoms with van der Waals surface area (Å²) in [4.78, 5) is 40.7. The number of aliphatic carboxylic acids is 1. The van der Waals surface area contributed by atoms with Crippen LogP contribution in [-0.2, 0) is 4.79 Å². The predicted octanol–water partition coefficient (Wildman–Crippen LogP) is 2.48. The van der Waals surface area contributed by atoms with Gasteiger partial charge in [-0.05, 0) is 18.6 Å². The highest BCUT2D eigenvalue weighted by atomic mass is 32.1. The lowest BCUT2D eigenvalue weighted by atomic mass is 10.1. The van der Waals surface area contributed by atoms with E-state index >= 15 is 0 Å². The van der Waals surface area contributed by atoms with E-state index in [1.807, 2.05) is 0 Å². The number of aryl methyl sites for hydroxylation is 1. The number of hydrogen-bond donors (Lipinski definition) is 2. The van der Waals surface area contributed by atoms with Gasteiger partial charge in [0.2, 0.25) is 5.43 Å². The molecular formula is C15H10F3N3O5S. The smallest absolute Gasteiger partial charge is 0.477 e. The molecule has 142 valence electrons. The van der Waals surface area contributed by atoms with Gasteiger partial charge in [0.1, 0.15) is 11.2 Å². The first kappa shape index (κ1) is 20.0. The molecule has 0 bridgehead atoms. The van der Waals surface area contributed by atoms with Gasteiger partial charge in [0.25, 0.3) is 0 Å². The molecule has 3 aromatic heterocycles. The molecule has 3 rings (SSSR count). The van der Waals surface area contributed by atoms with E-state index in [0.29, 0.717) is 21.7 Å². The molecule has 0 spiro atoms. The van der Waals surface area contributed by atoms with Gasteiger partial charge in [0, 0.05) is 24.0 Å². The van der Waals surface area contributed by atoms with Gasteiger partial charge in [-0.15, -0.1) is 11.3 Å². The summed E-state index contributed by atoms with van der Waals surface area (Å²) in [5, 5.41) is 19.0. The molecule has 0 fully saturated rings. The summed E-state index contributed by atoms with van der Waals surface area (Å²) < 4.78 is 33.3. The van der Waals surface area contributed by atoms with Crippen LogP contribution >= 0.6 is 11.3 Å². The van der Waals surface area contributed by atoms with Gasteiger partial charge in [-0.2, -0.15) is 13.2 Å². The van der Waals surface area contributed by atoms with Crippen molar-refractivity contribution in [2.75, 3.05) is 0 Å². The van der Waals surface area contributed by atoms with Crippen LogP contribution in [0.1, 0.15) is 15.9 Å². The van der Waals surface area contributed by atoms with E-state index in [2.05, 4.69) is 9.97 Å². The van der Waals surface area contributed by atoms with Crippen molar-refractivity contribution in [1.82, 2.24) is 14.5 Å². The minimum atomic E-state index is -5.08. The Bertz CT molecular complexity index is 1060. The van der Waals surface area contributed by atoms with Crippen LogP contribution in [0.25, 0.3) is 16.2 Å². The lowest BCUT2D eigenvalue weighted by Gasteiger charge is -2.09. The number of aromatic nitrogens is 3. The number of carboxylic acids is 2. The van der Waals surface area contributed by atoms with Gasteiger partial charge in [0.05, 0.1) is 5.39 Å². The summed E-state index contributed by atoms with van der Waals surface area (Å²) in [6.07, 6.45) is -0.611. The molecule has 0 amide bonds. The number of nitrogens with zero attached hydrogens (tertiary/aromatic N) is 3. The Kier molecular flexibility index (Phi) is 5.59. The van der Waals surface area contributed by atoms with Crippen molar-refractivity contribution in [3.8, 4) is 5.13 Å². The molecule has 0 aliphatic carbocycles. The third-order valence-electron chi connectivity index (χ3n) is 3.20. The Hall–Kier alpha value is -3.28. The molecule has 0 saturated heterocycles. The lowest BCUT2D eigenvalue weighted by Crippen LogP contribution is -2.21. The van der Waals surface area contributed by atoms with Crippen LogP contribution in [0.3, 0.4) is 0 Å². The monoisotopic (exact) mass is 401 g/mol. The topological polar surface area (TPSA) is 122 Å². The van der Waals surface area contributed by atoms with Crippen molar-refractivity contribution in [3.63, 3.8) is 0 Å². The first-order valence-corrected chi connectivity index (χ1v) is 7.86. The number of aromatic carboxylic acids is 1. The van der Waals surface area contributed by atoms with Gasteiger partial charge in [0.15, 0.2) is 5.13 Å². The predicted molar refractivity (Wildman–Crippen MR) is 88.4 cm³/mol.